The summed E-state index contributed by atoms with van der Waals surface area (Å²) in [5.41, 5.74) is 0. The van der Waals surface area contributed by atoms with Gasteiger partial charge in [0.05, 0.1) is 0 Å². The van der Waals surface area contributed by atoms with E-state index in [0.717, 1.165) is 0 Å². The van der Waals surface area contributed by atoms with Crippen molar-refractivity contribution < 1.29 is 26.6 Å². The third kappa shape index (κ3) is 58.9. The van der Waals surface area contributed by atoms with Crippen LogP contribution in [0.1, 0.15) is 51.4 Å². The van der Waals surface area contributed by atoms with Gasteiger partial charge in [-0.25, -0.2) is 0 Å². The van der Waals surface area contributed by atoms with E-state index in [2.05, 4.69) is 27.7 Å². The van der Waals surface area contributed by atoms with E-state index < -0.39 is 18.1 Å². The van der Waals surface area contributed by atoms with Crippen LogP contribution in [0.2, 0.25) is 0 Å². The molecule has 1 heterocycles. The van der Waals surface area contributed by atoms with Gasteiger partial charge in [-0.15, -0.1) is 0 Å². The van der Waals surface area contributed by atoms with Gasteiger partial charge in [0.15, 0.2) is 0 Å². The lowest BCUT2D eigenvalue weighted by molar-refractivity contribution is 0.448. The van der Waals surface area contributed by atoms with Crippen molar-refractivity contribution in [2.45, 2.75) is 51.4 Å². The standard InChI is InChI=1S/C10H21N.H3N.2H2O3S2/c1-2-4-6-8-10-11-9-7-5-3-1;;2*1-5(2,3)4/h11H,1-10H2;1H3;2*(H2,1,2,3,4). The summed E-state index contributed by atoms with van der Waals surface area (Å²) in [6.07, 6.45) is 11.5. The Bertz CT molecular complexity index is 343. The van der Waals surface area contributed by atoms with Gasteiger partial charge < -0.3 is 11.5 Å². The molecule has 22 heavy (non-hydrogen) atoms. The largest absolute Gasteiger partial charge is 0.344 e. The molecule has 0 aromatic heterocycles. The molecule has 0 aromatic carbocycles. The van der Waals surface area contributed by atoms with Crippen molar-refractivity contribution in [3.63, 3.8) is 0 Å². The Morgan fingerprint density at radius 3 is 1.05 bits per heavy atom. The maximum absolute atomic E-state index is 9.11. The zero-order valence-corrected chi connectivity index (χ0v) is 15.8. The molecule has 1 aliphatic heterocycles. The van der Waals surface area contributed by atoms with Crippen LogP contribution < -0.4 is 11.5 Å². The molecule has 0 bridgehead atoms. The molecular weight excluding hydrogens is 372 g/mol. The Hall–Kier alpha value is 0.500. The van der Waals surface area contributed by atoms with Crippen LogP contribution in [-0.4, -0.2) is 39.7 Å². The molecule has 0 amide bonds. The molecular formula is C10H28N2O6S4. The second-order valence-corrected chi connectivity index (χ2v) is 8.87. The molecule has 1 rings (SSSR count). The monoisotopic (exact) mass is 400 g/mol. The number of hydrogen-bond donors (Lipinski definition) is 6. The van der Waals surface area contributed by atoms with Crippen LogP contribution in [-0.2, 0) is 40.5 Å². The summed E-state index contributed by atoms with van der Waals surface area (Å²) >= 11 is 6.93. The number of nitrogens with one attached hydrogen (secondary N) is 1. The molecule has 1 saturated heterocycles. The van der Waals surface area contributed by atoms with Gasteiger partial charge in [0.25, 0.3) is 18.1 Å². The normalized spacial score (nSPS) is 17.3. The smallest absolute Gasteiger partial charge is 0.263 e. The first-order chi connectivity index (χ1) is 9.50. The van der Waals surface area contributed by atoms with Crippen molar-refractivity contribution in [3.8, 4) is 0 Å². The fraction of sp³-hybridized carbons (Fsp3) is 1.00. The first-order valence-electron chi connectivity index (χ1n) is 6.60. The summed E-state index contributed by atoms with van der Waals surface area (Å²) in [6.45, 7) is 2.50. The lowest BCUT2D eigenvalue weighted by Gasteiger charge is -2.01. The van der Waals surface area contributed by atoms with Crippen LogP contribution in [0.3, 0.4) is 0 Å². The van der Waals surface area contributed by atoms with E-state index in [1.807, 2.05) is 0 Å². The molecule has 8 N–H and O–H groups in total. The third-order valence-corrected chi connectivity index (χ3v) is 2.46. The van der Waals surface area contributed by atoms with Crippen molar-refractivity contribution in [1.82, 2.24) is 11.5 Å². The van der Waals surface area contributed by atoms with Crippen molar-refractivity contribution in [3.05, 3.63) is 0 Å². The Morgan fingerprint density at radius 2 is 0.818 bits per heavy atom. The summed E-state index contributed by atoms with van der Waals surface area (Å²) in [7, 11) is -7.67. The zero-order chi connectivity index (χ0) is 16.8. The van der Waals surface area contributed by atoms with Crippen LogP contribution in [0, 0.1) is 0 Å². The van der Waals surface area contributed by atoms with Crippen LogP contribution in [0.25, 0.3) is 0 Å². The molecule has 0 spiro atoms. The predicted molar refractivity (Wildman–Crippen MR) is 96.4 cm³/mol. The van der Waals surface area contributed by atoms with Gasteiger partial charge in [0, 0.05) is 22.4 Å². The lowest BCUT2D eigenvalue weighted by atomic mass is 10.1. The molecule has 1 fully saturated rings. The first kappa shape index (κ1) is 27.4. The van der Waals surface area contributed by atoms with Crippen molar-refractivity contribution in [2.24, 2.45) is 0 Å². The molecule has 0 aliphatic carbocycles. The van der Waals surface area contributed by atoms with Crippen molar-refractivity contribution in [2.75, 3.05) is 13.1 Å². The van der Waals surface area contributed by atoms with E-state index in [1.165, 1.54) is 64.5 Å². The van der Waals surface area contributed by atoms with Gasteiger partial charge in [-0.1, -0.05) is 38.5 Å². The molecule has 0 aromatic rings. The molecule has 0 atom stereocenters. The Morgan fingerprint density at radius 1 is 0.636 bits per heavy atom. The predicted octanol–water partition coefficient (Wildman–Crippen LogP) is 2.23. The van der Waals surface area contributed by atoms with Crippen LogP contribution >= 0.6 is 0 Å². The number of hydrogen-bond acceptors (Lipinski definition) is 6. The average Bonchev–Trinajstić information content (AvgIpc) is 2.29. The van der Waals surface area contributed by atoms with E-state index in [-0.39, 0.29) is 6.15 Å². The summed E-state index contributed by atoms with van der Waals surface area (Å²) in [4.78, 5) is 0. The molecule has 8 nitrogen and oxygen atoms in total. The Labute approximate surface area is 143 Å². The van der Waals surface area contributed by atoms with E-state index >= 15 is 0 Å². The van der Waals surface area contributed by atoms with E-state index in [1.54, 1.807) is 0 Å². The van der Waals surface area contributed by atoms with Gasteiger partial charge in [0.1, 0.15) is 0 Å². The van der Waals surface area contributed by atoms with Crippen molar-refractivity contribution >= 4 is 40.5 Å². The molecule has 0 unspecified atom stereocenters. The minimum Gasteiger partial charge on any atom is -0.344 e. The quantitative estimate of drug-likeness (QED) is 0.355. The highest BCUT2D eigenvalue weighted by atomic mass is 32.9. The Kier molecular flexibility index (Phi) is 20.3. The average molecular weight is 401 g/mol. The highest BCUT2D eigenvalue weighted by molar-refractivity contribution is 8.26. The minimum atomic E-state index is -3.83. The molecule has 0 saturated carbocycles. The Balaban J connectivity index is -0.000000279. The van der Waals surface area contributed by atoms with Crippen LogP contribution in [0.5, 0.6) is 0 Å². The van der Waals surface area contributed by atoms with Crippen LogP contribution in [0.4, 0.5) is 0 Å². The van der Waals surface area contributed by atoms with Gasteiger partial charge in [0.2, 0.25) is 0 Å². The summed E-state index contributed by atoms with van der Waals surface area (Å²) in [5, 5.41) is 3.48. The first-order valence-corrected chi connectivity index (χ1v) is 11.4. The van der Waals surface area contributed by atoms with Crippen molar-refractivity contribution in [1.29, 1.82) is 0 Å². The van der Waals surface area contributed by atoms with Crippen LogP contribution in [0.15, 0.2) is 0 Å². The molecule has 1 aliphatic rings. The van der Waals surface area contributed by atoms with E-state index in [0.29, 0.717) is 0 Å². The maximum atomic E-state index is 9.11. The van der Waals surface area contributed by atoms with Gasteiger partial charge in [-0.3, -0.25) is 18.2 Å². The lowest BCUT2D eigenvalue weighted by Crippen LogP contribution is -2.16. The molecule has 0 radical (unpaired) electrons. The summed E-state index contributed by atoms with van der Waals surface area (Å²) in [5.74, 6) is 0. The van der Waals surface area contributed by atoms with Gasteiger partial charge >= 0.3 is 0 Å². The summed E-state index contributed by atoms with van der Waals surface area (Å²) in [6, 6.07) is 0. The van der Waals surface area contributed by atoms with E-state index in [9.17, 15) is 0 Å². The zero-order valence-electron chi connectivity index (χ0n) is 12.5. The maximum Gasteiger partial charge on any atom is 0.263 e. The molecule has 138 valence electrons. The minimum absolute atomic E-state index is 0. The fourth-order valence-corrected chi connectivity index (χ4v) is 1.69. The topological polar surface area (TPSA) is 162 Å². The SMILES string of the molecule is C1CCCCCNCCCC1.N.O=S(O)(O)=S.O=S(O)(O)=S. The number of rotatable bonds is 0. The van der Waals surface area contributed by atoms with Gasteiger partial charge in [-0.2, -0.15) is 8.42 Å². The molecule has 12 heteroatoms. The fourth-order valence-electron chi connectivity index (χ4n) is 1.69. The van der Waals surface area contributed by atoms with E-state index in [4.69, 9.17) is 26.6 Å². The highest BCUT2D eigenvalue weighted by Gasteiger charge is 1.95. The van der Waals surface area contributed by atoms with Gasteiger partial charge in [-0.05, 0) is 25.9 Å². The highest BCUT2D eigenvalue weighted by Crippen LogP contribution is 2.08. The third-order valence-electron chi connectivity index (χ3n) is 2.46. The summed E-state index contributed by atoms with van der Waals surface area (Å²) < 4.78 is 47.9. The second-order valence-electron chi connectivity index (χ2n) is 4.47. The second kappa shape index (κ2) is 16.4.